The minimum absolute atomic E-state index is 0.0494. The molecule has 1 aliphatic carbocycles. The molecule has 1 saturated heterocycles. The topological polar surface area (TPSA) is 58.6 Å². The van der Waals surface area contributed by atoms with Crippen LogP contribution in [0.1, 0.15) is 57.4 Å². The molecule has 3 rings (SSSR count). The van der Waals surface area contributed by atoms with Crippen molar-refractivity contribution in [3.05, 3.63) is 28.2 Å². The second-order valence-electron chi connectivity index (χ2n) is 8.61. The third-order valence-electron chi connectivity index (χ3n) is 6.45. The maximum Gasteiger partial charge on any atom is 0.222 e. The predicted molar refractivity (Wildman–Crippen MR) is 118 cm³/mol. The first-order chi connectivity index (χ1) is 13.9. The van der Waals surface area contributed by atoms with E-state index < -0.39 is 0 Å². The first-order valence-electron chi connectivity index (χ1n) is 10.8. The lowest BCUT2D eigenvalue weighted by Crippen LogP contribution is -2.41. The molecule has 29 heavy (non-hydrogen) atoms. The summed E-state index contributed by atoms with van der Waals surface area (Å²) in [4.78, 5) is 26.0. The predicted octanol–water partition coefficient (Wildman–Crippen LogP) is 4.32. The number of methoxy groups -OCH3 is 1. The van der Waals surface area contributed by atoms with Crippen LogP contribution in [0.15, 0.2) is 22.7 Å². The van der Waals surface area contributed by atoms with E-state index in [1.165, 1.54) is 5.56 Å². The standard InChI is InChI=1S/C23H33BrN2O3/c1-16(27)25-20-5-3-17(4-6-20)14-23(28)26-11-9-18(10-12-26)13-19-15-21(29-2)7-8-22(19)24/h7-8,15,17-18,20H,3-6,9-14H2,1-2H3,(H,25,27). The van der Waals surface area contributed by atoms with Gasteiger partial charge in [0.2, 0.25) is 11.8 Å². The summed E-state index contributed by atoms with van der Waals surface area (Å²) >= 11 is 3.65. The summed E-state index contributed by atoms with van der Waals surface area (Å²) in [5.41, 5.74) is 1.28. The largest absolute Gasteiger partial charge is 0.497 e. The van der Waals surface area contributed by atoms with Gasteiger partial charge in [-0.3, -0.25) is 9.59 Å². The number of likely N-dealkylation sites (tertiary alicyclic amines) is 1. The fourth-order valence-electron chi connectivity index (χ4n) is 4.71. The van der Waals surface area contributed by atoms with Gasteiger partial charge in [-0.25, -0.2) is 0 Å². The average Bonchev–Trinajstić information content (AvgIpc) is 2.71. The zero-order valence-electron chi connectivity index (χ0n) is 17.6. The maximum absolute atomic E-state index is 12.8. The molecule has 1 saturated carbocycles. The molecule has 0 bridgehead atoms. The van der Waals surface area contributed by atoms with Crippen LogP contribution in [-0.4, -0.2) is 43.0 Å². The highest BCUT2D eigenvalue weighted by atomic mass is 79.9. The summed E-state index contributed by atoms with van der Waals surface area (Å²) in [5.74, 6) is 2.33. The SMILES string of the molecule is COc1ccc(Br)c(CC2CCN(C(=O)CC3CCC(NC(C)=O)CC3)CC2)c1. The van der Waals surface area contributed by atoms with E-state index in [1.807, 2.05) is 12.1 Å². The van der Waals surface area contributed by atoms with Gasteiger partial charge in [0.25, 0.3) is 0 Å². The Labute approximate surface area is 182 Å². The second-order valence-corrected chi connectivity index (χ2v) is 9.46. The Kier molecular flexibility index (Phi) is 7.99. The number of benzene rings is 1. The Bertz CT molecular complexity index is 708. The molecule has 0 radical (unpaired) electrons. The smallest absolute Gasteiger partial charge is 0.222 e. The van der Waals surface area contributed by atoms with E-state index in [2.05, 4.69) is 32.2 Å². The molecule has 2 fully saturated rings. The van der Waals surface area contributed by atoms with Crippen LogP contribution >= 0.6 is 15.9 Å². The molecule has 1 aromatic rings. The third kappa shape index (κ3) is 6.46. The highest BCUT2D eigenvalue weighted by Crippen LogP contribution is 2.31. The van der Waals surface area contributed by atoms with Crippen molar-refractivity contribution in [1.29, 1.82) is 0 Å². The van der Waals surface area contributed by atoms with E-state index in [4.69, 9.17) is 4.74 Å². The summed E-state index contributed by atoms with van der Waals surface area (Å²) in [6.45, 7) is 3.31. The second kappa shape index (κ2) is 10.5. The first-order valence-corrected chi connectivity index (χ1v) is 11.6. The van der Waals surface area contributed by atoms with E-state index in [-0.39, 0.29) is 5.91 Å². The molecule has 1 N–H and O–H groups in total. The highest BCUT2D eigenvalue weighted by molar-refractivity contribution is 9.10. The van der Waals surface area contributed by atoms with Crippen molar-refractivity contribution in [1.82, 2.24) is 10.2 Å². The zero-order valence-corrected chi connectivity index (χ0v) is 19.2. The number of rotatable bonds is 6. The molecule has 2 amide bonds. The molecule has 1 aliphatic heterocycles. The molecule has 5 nitrogen and oxygen atoms in total. The van der Waals surface area contributed by atoms with Crippen molar-refractivity contribution in [2.75, 3.05) is 20.2 Å². The van der Waals surface area contributed by atoms with Gasteiger partial charge in [-0.2, -0.15) is 0 Å². The number of carbonyl (C=O) groups excluding carboxylic acids is 2. The summed E-state index contributed by atoms with van der Waals surface area (Å²) in [7, 11) is 1.70. The number of amides is 2. The van der Waals surface area contributed by atoms with Gasteiger partial charge in [0.15, 0.2) is 0 Å². The van der Waals surface area contributed by atoms with E-state index in [1.54, 1.807) is 14.0 Å². The van der Waals surface area contributed by atoms with Crippen LogP contribution in [0.3, 0.4) is 0 Å². The van der Waals surface area contributed by atoms with Gasteiger partial charge >= 0.3 is 0 Å². The molecule has 0 spiro atoms. The van der Waals surface area contributed by atoms with Gasteiger partial charge in [-0.15, -0.1) is 0 Å². The lowest BCUT2D eigenvalue weighted by molar-refractivity contribution is -0.134. The number of carbonyl (C=O) groups is 2. The molecular formula is C23H33BrN2O3. The number of ether oxygens (including phenoxy) is 1. The Morgan fingerprint density at radius 3 is 2.41 bits per heavy atom. The van der Waals surface area contributed by atoms with E-state index in [9.17, 15) is 9.59 Å². The Hall–Kier alpha value is -1.56. The fourth-order valence-corrected chi connectivity index (χ4v) is 5.11. The minimum Gasteiger partial charge on any atom is -0.497 e. The van der Waals surface area contributed by atoms with Crippen molar-refractivity contribution in [3.63, 3.8) is 0 Å². The average molecular weight is 465 g/mol. The van der Waals surface area contributed by atoms with Crippen molar-refractivity contribution in [3.8, 4) is 5.75 Å². The lowest BCUT2D eigenvalue weighted by atomic mass is 9.83. The van der Waals surface area contributed by atoms with Crippen molar-refractivity contribution in [2.24, 2.45) is 11.8 Å². The Balaban J connectivity index is 1.41. The van der Waals surface area contributed by atoms with Crippen molar-refractivity contribution < 1.29 is 14.3 Å². The normalized spacial score (nSPS) is 22.9. The van der Waals surface area contributed by atoms with Crippen LogP contribution in [-0.2, 0) is 16.0 Å². The van der Waals surface area contributed by atoms with Crippen LogP contribution in [0.2, 0.25) is 0 Å². The Morgan fingerprint density at radius 1 is 1.10 bits per heavy atom. The third-order valence-corrected chi connectivity index (χ3v) is 7.22. The number of nitrogens with one attached hydrogen (secondary N) is 1. The van der Waals surface area contributed by atoms with Crippen LogP contribution in [0, 0.1) is 11.8 Å². The van der Waals surface area contributed by atoms with Crippen LogP contribution in [0.25, 0.3) is 0 Å². The van der Waals surface area contributed by atoms with Crippen molar-refractivity contribution >= 4 is 27.7 Å². The minimum atomic E-state index is 0.0494. The Morgan fingerprint density at radius 2 is 1.79 bits per heavy atom. The monoisotopic (exact) mass is 464 g/mol. The van der Waals surface area contributed by atoms with Crippen LogP contribution in [0.5, 0.6) is 5.75 Å². The van der Waals surface area contributed by atoms with Crippen molar-refractivity contribution in [2.45, 2.75) is 64.3 Å². The van der Waals surface area contributed by atoms with Gasteiger partial charge in [0.05, 0.1) is 7.11 Å². The summed E-state index contributed by atoms with van der Waals surface area (Å²) in [6, 6.07) is 6.43. The molecule has 1 heterocycles. The summed E-state index contributed by atoms with van der Waals surface area (Å²) in [6.07, 6.45) is 7.87. The molecule has 0 unspecified atom stereocenters. The number of halogens is 1. The maximum atomic E-state index is 12.8. The summed E-state index contributed by atoms with van der Waals surface area (Å²) in [5, 5.41) is 3.01. The van der Waals surface area contributed by atoms with Crippen LogP contribution in [0.4, 0.5) is 0 Å². The number of piperidine rings is 1. The van der Waals surface area contributed by atoms with Gasteiger partial charge in [-0.05, 0) is 80.5 Å². The molecule has 6 heteroatoms. The van der Waals surface area contributed by atoms with Gasteiger partial charge in [0, 0.05) is 36.9 Å². The molecule has 2 aliphatic rings. The van der Waals surface area contributed by atoms with Gasteiger partial charge < -0.3 is 15.0 Å². The fraction of sp³-hybridized carbons (Fsp3) is 0.652. The zero-order chi connectivity index (χ0) is 20.8. The van der Waals surface area contributed by atoms with E-state index >= 15 is 0 Å². The van der Waals surface area contributed by atoms with E-state index in [0.717, 1.165) is 68.3 Å². The van der Waals surface area contributed by atoms with Gasteiger partial charge in [-0.1, -0.05) is 15.9 Å². The molecule has 1 aromatic carbocycles. The van der Waals surface area contributed by atoms with Crippen LogP contribution < -0.4 is 10.1 Å². The number of nitrogens with zero attached hydrogens (tertiary/aromatic N) is 1. The van der Waals surface area contributed by atoms with E-state index in [0.29, 0.717) is 30.2 Å². The summed E-state index contributed by atoms with van der Waals surface area (Å²) < 4.78 is 6.48. The highest BCUT2D eigenvalue weighted by Gasteiger charge is 2.28. The van der Waals surface area contributed by atoms with Gasteiger partial charge in [0.1, 0.15) is 5.75 Å². The molecule has 160 valence electrons. The quantitative estimate of drug-likeness (QED) is 0.681. The molecule has 0 atom stereocenters. The molecular weight excluding hydrogens is 432 g/mol. The molecule has 0 aromatic heterocycles. The number of hydrogen-bond acceptors (Lipinski definition) is 3. The first kappa shape index (κ1) is 22.1. The number of hydrogen-bond donors (Lipinski definition) is 1. The lowest BCUT2D eigenvalue weighted by Gasteiger charge is -2.34.